The molecule has 1 saturated heterocycles. The van der Waals surface area contributed by atoms with Crippen molar-refractivity contribution < 1.29 is 4.79 Å². The first-order valence-corrected chi connectivity index (χ1v) is 6.04. The molecular formula is C9H16N2OS. The molecule has 2 fully saturated rings. The molecule has 1 unspecified atom stereocenters. The van der Waals surface area contributed by atoms with Gasteiger partial charge in [0, 0.05) is 6.04 Å². The van der Waals surface area contributed by atoms with E-state index in [1.807, 2.05) is 11.8 Å². The Morgan fingerprint density at radius 1 is 1.54 bits per heavy atom. The van der Waals surface area contributed by atoms with E-state index in [4.69, 9.17) is 0 Å². The number of rotatable bonds is 3. The van der Waals surface area contributed by atoms with E-state index in [0.29, 0.717) is 17.8 Å². The van der Waals surface area contributed by atoms with Gasteiger partial charge in [0.05, 0.1) is 11.8 Å². The molecule has 0 radical (unpaired) electrons. The number of amides is 1. The molecule has 4 heteroatoms. The van der Waals surface area contributed by atoms with Crippen molar-refractivity contribution in [1.82, 2.24) is 10.6 Å². The average Bonchev–Trinajstić information content (AvgIpc) is 2.90. The van der Waals surface area contributed by atoms with Gasteiger partial charge in [-0.25, -0.2) is 0 Å². The van der Waals surface area contributed by atoms with E-state index in [9.17, 15) is 4.79 Å². The Labute approximate surface area is 83.0 Å². The van der Waals surface area contributed by atoms with Gasteiger partial charge >= 0.3 is 0 Å². The van der Waals surface area contributed by atoms with Crippen LogP contribution in [-0.2, 0) is 4.79 Å². The highest BCUT2D eigenvalue weighted by Gasteiger charge is 2.25. The van der Waals surface area contributed by atoms with Gasteiger partial charge in [-0.1, -0.05) is 0 Å². The maximum Gasteiger partial charge on any atom is 0.222 e. The number of nitrogens with one attached hydrogen (secondary N) is 2. The van der Waals surface area contributed by atoms with Gasteiger partial charge in [0.15, 0.2) is 0 Å². The fourth-order valence-electron chi connectivity index (χ4n) is 1.43. The summed E-state index contributed by atoms with van der Waals surface area (Å²) in [5, 5.41) is 6.71. The molecule has 0 bridgehead atoms. The first kappa shape index (κ1) is 9.34. The molecule has 0 aromatic carbocycles. The van der Waals surface area contributed by atoms with E-state index < -0.39 is 0 Å². The van der Waals surface area contributed by atoms with Crippen LogP contribution < -0.4 is 10.6 Å². The maximum atomic E-state index is 11.4. The fourth-order valence-corrected chi connectivity index (χ4v) is 2.53. The lowest BCUT2D eigenvalue weighted by Gasteiger charge is -2.22. The summed E-state index contributed by atoms with van der Waals surface area (Å²) in [6.07, 6.45) is 4.22. The van der Waals surface area contributed by atoms with Crippen LogP contribution in [0.5, 0.6) is 0 Å². The molecule has 13 heavy (non-hydrogen) atoms. The van der Waals surface area contributed by atoms with Gasteiger partial charge < -0.3 is 10.6 Å². The van der Waals surface area contributed by atoms with Crippen LogP contribution in [0, 0.1) is 0 Å². The molecular weight excluding hydrogens is 184 g/mol. The molecule has 1 saturated carbocycles. The third kappa shape index (κ3) is 3.19. The van der Waals surface area contributed by atoms with Crippen molar-refractivity contribution in [2.24, 2.45) is 0 Å². The molecule has 0 spiro atoms. The Kier molecular flexibility index (Phi) is 3.11. The standard InChI is InChI=1S/C9H16N2OS/c12-8(11-7-2-3-7)6-9-10-4-1-5-13-9/h7,9-10H,1-6H2,(H,11,12). The average molecular weight is 200 g/mol. The lowest BCUT2D eigenvalue weighted by molar-refractivity contribution is -0.121. The van der Waals surface area contributed by atoms with E-state index in [0.717, 1.165) is 6.54 Å². The second-order valence-electron chi connectivity index (χ2n) is 3.71. The van der Waals surface area contributed by atoms with E-state index >= 15 is 0 Å². The number of thioether (sulfide) groups is 1. The van der Waals surface area contributed by atoms with Crippen molar-refractivity contribution in [3.8, 4) is 0 Å². The summed E-state index contributed by atoms with van der Waals surface area (Å²) < 4.78 is 0. The second-order valence-corrected chi connectivity index (χ2v) is 5.02. The highest BCUT2D eigenvalue weighted by Crippen LogP contribution is 2.20. The first-order chi connectivity index (χ1) is 6.34. The monoisotopic (exact) mass is 200 g/mol. The van der Waals surface area contributed by atoms with Crippen molar-refractivity contribution in [2.75, 3.05) is 12.3 Å². The predicted octanol–water partition coefficient (Wildman–Crippen LogP) is 0.708. The Bertz CT molecular complexity index is 188. The van der Waals surface area contributed by atoms with Gasteiger partial charge in [-0.2, -0.15) is 0 Å². The lowest BCUT2D eigenvalue weighted by Crippen LogP contribution is -2.37. The van der Waals surface area contributed by atoms with Crippen LogP contribution in [-0.4, -0.2) is 29.6 Å². The summed E-state index contributed by atoms with van der Waals surface area (Å²) in [5.74, 6) is 1.41. The molecule has 2 aliphatic rings. The highest BCUT2D eigenvalue weighted by atomic mass is 32.2. The Balaban J connectivity index is 1.66. The third-order valence-electron chi connectivity index (χ3n) is 2.33. The minimum absolute atomic E-state index is 0.217. The smallest absolute Gasteiger partial charge is 0.222 e. The zero-order valence-electron chi connectivity index (χ0n) is 7.71. The summed E-state index contributed by atoms with van der Waals surface area (Å²) in [6.45, 7) is 1.06. The Hall–Kier alpha value is -0.220. The largest absolute Gasteiger partial charge is 0.353 e. The number of carbonyl (C=O) groups is 1. The fraction of sp³-hybridized carbons (Fsp3) is 0.889. The molecule has 1 aliphatic heterocycles. The van der Waals surface area contributed by atoms with Crippen LogP contribution in [0.1, 0.15) is 25.7 Å². The SMILES string of the molecule is O=C(CC1NCCCS1)NC1CC1. The lowest BCUT2D eigenvalue weighted by atomic mass is 10.3. The zero-order valence-corrected chi connectivity index (χ0v) is 8.53. The van der Waals surface area contributed by atoms with E-state index in [-0.39, 0.29) is 5.91 Å². The van der Waals surface area contributed by atoms with Crippen LogP contribution in [0.2, 0.25) is 0 Å². The topological polar surface area (TPSA) is 41.1 Å². The van der Waals surface area contributed by atoms with Gasteiger partial charge in [-0.3, -0.25) is 4.79 Å². The van der Waals surface area contributed by atoms with Crippen LogP contribution in [0.3, 0.4) is 0 Å². The van der Waals surface area contributed by atoms with E-state index in [1.165, 1.54) is 25.0 Å². The summed E-state index contributed by atoms with van der Waals surface area (Å²) in [6, 6.07) is 0.501. The van der Waals surface area contributed by atoms with Crippen LogP contribution in [0.15, 0.2) is 0 Å². The minimum atomic E-state index is 0.217. The third-order valence-corrected chi connectivity index (χ3v) is 3.59. The van der Waals surface area contributed by atoms with Gasteiger partial charge in [0.2, 0.25) is 5.91 Å². The van der Waals surface area contributed by atoms with Crippen molar-refractivity contribution in [2.45, 2.75) is 37.1 Å². The van der Waals surface area contributed by atoms with Crippen LogP contribution >= 0.6 is 11.8 Å². The minimum Gasteiger partial charge on any atom is -0.353 e. The van der Waals surface area contributed by atoms with Crippen molar-refractivity contribution >= 4 is 17.7 Å². The van der Waals surface area contributed by atoms with Crippen molar-refractivity contribution in [1.29, 1.82) is 0 Å². The van der Waals surface area contributed by atoms with Crippen LogP contribution in [0.25, 0.3) is 0 Å². The van der Waals surface area contributed by atoms with E-state index in [1.54, 1.807) is 0 Å². The van der Waals surface area contributed by atoms with Crippen molar-refractivity contribution in [3.05, 3.63) is 0 Å². The van der Waals surface area contributed by atoms with E-state index in [2.05, 4.69) is 10.6 Å². The van der Waals surface area contributed by atoms with Gasteiger partial charge in [0.1, 0.15) is 0 Å². The summed E-state index contributed by atoms with van der Waals surface area (Å²) in [5.41, 5.74) is 0. The zero-order chi connectivity index (χ0) is 9.10. The predicted molar refractivity (Wildman–Crippen MR) is 54.6 cm³/mol. The maximum absolute atomic E-state index is 11.4. The Morgan fingerprint density at radius 3 is 3.00 bits per heavy atom. The molecule has 2 N–H and O–H groups in total. The molecule has 0 aromatic heterocycles. The molecule has 0 aromatic rings. The number of carbonyl (C=O) groups excluding carboxylic acids is 1. The summed E-state index contributed by atoms with van der Waals surface area (Å²) in [7, 11) is 0. The number of hydrogen-bond acceptors (Lipinski definition) is 3. The Morgan fingerprint density at radius 2 is 2.38 bits per heavy atom. The van der Waals surface area contributed by atoms with Gasteiger partial charge in [-0.15, -0.1) is 11.8 Å². The van der Waals surface area contributed by atoms with Gasteiger partial charge in [0.25, 0.3) is 0 Å². The van der Waals surface area contributed by atoms with Crippen LogP contribution in [0.4, 0.5) is 0 Å². The number of hydrogen-bond donors (Lipinski definition) is 2. The molecule has 1 amide bonds. The summed E-state index contributed by atoms with van der Waals surface area (Å²) >= 11 is 1.87. The molecule has 1 heterocycles. The molecule has 1 atom stereocenters. The van der Waals surface area contributed by atoms with Crippen molar-refractivity contribution in [3.63, 3.8) is 0 Å². The quantitative estimate of drug-likeness (QED) is 0.705. The molecule has 74 valence electrons. The normalized spacial score (nSPS) is 28.5. The molecule has 3 nitrogen and oxygen atoms in total. The molecule has 1 aliphatic carbocycles. The second kappa shape index (κ2) is 4.33. The van der Waals surface area contributed by atoms with Gasteiger partial charge in [-0.05, 0) is 31.6 Å². The molecule has 2 rings (SSSR count). The summed E-state index contributed by atoms with van der Waals surface area (Å²) in [4.78, 5) is 11.4. The first-order valence-electron chi connectivity index (χ1n) is 4.99. The highest BCUT2D eigenvalue weighted by molar-refractivity contribution is 7.99.